The summed E-state index contributed by atoms with van der Waals surface area (Å²) in [6.45, 7) is 5.38. The summed E-state index contributed by atoms with van der Waals surface area (Å²) in [7, 11) is -3.19. The lowest BCUT2D eigenvalue weighted by atomic mass is 9.86. The molecule has 1 saturated heterocycles. The SMILES string of the molecule is C[C@@H]1CCC[C@@H](N2CCN(S(=O)(=O)Cc3ccccc3)CC2)C1. The van der Waals surface area contributed by atoms with Crippen LogP contribution in [0.25, 0.3) is 0 Å². The first-order valence-electron chi connectivity index (χ1n) is 8.80. The van der Waals surface area contributed by atoms with Gasteiger partial charge in [0.15, 0.2) is 0 Å². The van der Waals surface area contributed by atoms with E-state index in [2.05, 4.69) is 11.8 Å². The van der Waals surface area contributed by atoms with E-state index in [4.69, 9.17) is 0 Å². The van der Waals surface area contributed by atoms with E-state index in [0.717, 1.165) is 24.6 Å². The fourth-order valence-electron chi connectivity index (χ4n) is 3.96. The number of benzene rings is 1. The van der Waals surface area contributed by atoms with Crippen LogP contribution in [0.2, 0.25) is 0 Å². The topological polar surface area (TPSA) is 40.6 Å². The van der Waals surface area contributed by atoms with Gasteiger partial charge in [0, 0.05) is 32.2 Å². The molecule has 1 aromatic carbocycles. The highest BCUT2D eigenvalue weighted by molar-refractivity contribution is 7.88. The predicted molar refractivity (Wildman–Crippen MR) is 93.6 cm³/mol. The van der Waals surface area contributed by atoms with Gasteiger partial charge in [0.2, 0.25) is 10.0 Å². The first-order chi connectivity index (χ1) is 11.0. The van der Waals surface area contributed by atoms with Crippen LogP contribution in [-0.2, 0) is 15.8 Å². The Kier molecular flexibility index (Phi) is 5.39. The van der Waals surface area contributed by atoms with Crippen LogP contribution in [0.5, 0.6) is 0 Å². The molecule has 23 heavy (non-hydrogen) atoms. The summed E-state index contributed by atoms with van der Waals surface area (Å²) < 4.78 is 26.9. The van der Waals surface area contributed by atoms with Gasteiger partial charge in [0.1, 0.15) is 0 Å². The molecule has 4 nitrogen and oxygen atoms in total. The molecular weight excluding hydrogens is 308 g/mol. The molecule has 0 unspecified atom stereocenters. The standard InChI is InChI=1S/C18H28N2O2S/c1-16-6-5-9-18(14-16)19-10-12-20(13-11-19)23(21,22)15-17-7-3-2-4-8-17/h2-4,7-8,16,18H,5-6,9-15H2,1H3/t16-,18-/m1/s1. The van der Waals surface area contributed by atoms with Crippen molar-refractivity contribution in [1.82, 2.24) is 9.21 Å². The molecule has 1 saturated carbocycles. The van der Waals surface area contributed by atoms with Crippen LogP contribution in [-0.4, -0.2) is 49.8 Å². The Hall–Kier alpha value is -0.910. The highest BCUT2D eigenvalue weighted by Crippen LogP contribution is 2.28. The zero-order valence-corrected chi connectivity index (χ0v) is 14.8. The van der Waals surface area contributed by atoms with Crippen molar-refractivity contribution in [2.45, 2.75) is 44.4 Å². The van der Waals surface area contributed by atoms with Crippen LogP contribution in [0.4, 0.5) is 0 Å². The molecule has 0 bridgehead atoms. The first kappa shape index (κ1) is 16.9. The van der Waals surface area contributed by atoms with Crippen molar-refractivity contribution in [1.29, 1.82) is 0 Å². The Morgan fingerprint density at radius 2 is 1.74 bits per heavy atom. The highest BCUT2D eigenvalue weighted by atomic mass is 32.2. The molecule has 1 aliphatic carbocycles. The quantitative estimate of drug-likeness (QED) is 0.849. The molecule has 3 rings (SSSR count). The summed E-state index contributed by atoms with van der Waals surface area (Å²) in [5, 5.41) is 0. The molecule has 0 amide bonds. The average Bonchev–Trinajstić information content (AvgIpc) is 2.55. The molecule has 0 radical (unpaired) electrons. The average molecular weight is 337 g/mol. The molecule has 2 atom stereocenters. The molecular formula is C18H28N2O2S. The van der Waals surface area contributed by atoms with Crippen molar-refractivity contribution in [2.75, 3.05) is 26.2 Å². The smallest absolute Gasteiger partial charge is 0.218 e. The van der Waals surface area contributed by atoms with Gasteiger partial charge in [-0.25, -0.2) is 8.42 Å². The minimum Gasteiger partial charge on any atom is -0.298 e. The maximum Gasteiger partial charge on any atom is 0.218 e. The van der Waals surface area contributed by atoms with Crippen molar-refractivity contribution in [2.24, 2.45) is 5.92 Å². The fraction of sp³-hybridized carbons (Fsp3) is 0.667. The first-order valence-corrected chi connectivity index (χ1v) is 10.4. The van der Waals surface area contributed by atoms with Crippen LogP contribution in [0.1, 0.15) is 38.2 Å². The largest absolute Gasteiger partial charge is 0.298 e. The second-order valence-corrected chi connectivity index (χ2v) is 9.07. The number of hydrogen-bond acceptors (Lipinski definition) is 3. The molecule has 2 aliphatic rings. The van der Waals surface area contributed by atoms with Crippen LogP contribution in [0.3, 0.4) is 0 Å². The summed E-state index contributed by atoms with van der Waals surface area (Å²) >= 11 is 0. The highest BCUT2D eigenvalue weighted by Gasteiger charge is 2.31. The second-order valence-electron chi connectivity index (χ2n) is 7.10. The summed E-state index contributed by atoms with van der Waals surface area (Å²) in [6, 6.07) is 10.1. The van der Waals surface area contributed by atoms with Crippen molar-refractivity contribution < 1.29 is 8.42 Å². The zero-order valence-electron chi connectivity index (χ0n) is 14.0. The molecule has 5 heteroatoms. The summed E-state index contributed by atoms with van der Waals surface area (Å²) in [6.07, 6.45) is 5.22. The molecule has 0 aromatic heterocycles. The van der Waals surface area contributed by atoms with E-state index in [1.54, 1.807) is 4.31 Å². The number of rotatable bonds is 4. The summed E-state index contributed by atoms with van der Waals surface area (Å²) in [5.41, 5.74) is 0.871. The van der Waals surface area contributed by atoms with Gasteiger partial charge in [-0.1, -0.05) is 50.1 Å². The Labute approximate surface area is 140 Å². The van der Waals surface area contributed by atoms with E-state index in [9.17, 15) is 8.42 Å². The van der Waals surface area contributed by atoms with Gasteiger partial charge >= 0.3 is 0 Å². The van der Waals surface area contributed by atoms with E-state index < -0.39 is 10.0 Å². The zero-order chi connectivity index (χ0) is 16.3. The third kappa shape index (κ3) is 4.34. The summed E-state index contributed by atoms with van der Waals surface area (Å²) in [4.78, 5) is 2.52. The van der Waals surface area contributed by atoms with Gasteiger partial charge in [0.25, 0.3) is 0 Å². The molecule has 1 heterocycles. The number of nitrogens with zero attached hydrogens (tertiary/aromatic N) is 2. The lowest BCUT2D eigenvalue weighted by Crippen LogP contribution is -2.52. The summed E-state index contributed by atoms with van der Waals surface area (Å²) in [5.74, 6) is 0.933. The lowest BCUT2D eigenvalue weighted by molar-refractivity contribution is 0.0966. The maximum atomic E-state index is 12.6. The molecule has 128 valence electrons. The fourth-order valence-corrected chi connectivity index (χ4v) is 5.47. The predicted octanol–water partition coefficient (Wildman–Crippen LogP) is 2.71. The van der Waals surface area contributed by atoms with Crippen molar-refractivity contribution in [3.05, 3.63) is 35.9 Å². The van der Waals surface area contributed by atoms with Gasteiger partial charge in [0.05, 0.1) is 5.75 Å². The van der Waals surface area contributed by atoms with Crippen molar-refractivity contribution in [3.8, 4) is 0 Å². The molecule has 2 fully saturated rings. The lowest BCUT2D eigenvalue weighted by Gasteiger charge is -2.41. The maximum absolute atomic E-state index is 12.6. The Balaban J connectivity index is 1.55. The minimum absolute atomic E-state index is 0.119. The third-order valence-electron chi connectivity index (χ3n) is 5.28. The van der Waals surface area contributed by atoms with Crippen molar-refractivity contribution >= 4 is 10.0 Å². The Morgan fingerprint density at radius 1 is 1.04 bits per heavy atom. The van der Waals surface area contributed by atoms with Crippen LogP contribution < -0.4 is 0 Å². The van der Waals surface area contributed by atoms with Gasteiger partial charge in [-0.15, -0.1) is 0 Å². The Bertz CT molecular complexity index is 595. The van der Waals surface area contributed by atoms with Gasteiger partial charge < -0.3 is 0 Å². The molecule has 1 aromatic rings. The van der Waals surface area contributed by atoms with Gasteiger partial charge in [-0.05, 0) is 24.3 Å². The number of piperazine rings is 1. The minimum atomic E-state index is -3.19. The monoisotopic (exact) mass is 336 g/mol. The van der Waals surface area contributed by atoms with E-state index in [1.807, 2.05) is 30.3 Å². The van der Waals surface area contributed by atoms with Crippen LogP contribution in [0, 0.1) is 5.92 Å². The van der Waals surface area contributed by atoms with Crippen LogP contribution >= 0.6 is 0 Å². The van der Waals surface area contributed by atoms with E-state index in [1.165, 1.54) is 25.7 Å². The molecule has 1 aliphatic heterocycles. The third-order valence-corrected chi connectivity index (χ3v) is 7.13. The van der Waals surface area contributed by atoms with E-state index in [-0.39, 0.29) is 5.75 Å². The molecule has 0 N–H and O–H groups in total. The number of hydrogen-bond donors (Lipinski definition) is 0. The normalized spacial score (nSPS) is 27.9. The van der Waals surface area contributed by atoms with E-state index >= 15 is 0 Å². The Morgan fingerprint density at radius 3 is 2.39 bits per heavy atom. The van der Waals surface area contributed by atoms with Crippen molar-refractivity contribution in [3.63, 3.8) is 0 Å². The number of sulfonamides is 1. The molecule has 0 spiro atoms. The van der Waals surface area contributed by atoms with E-state index in [0.29, 0.717) is 19.1 Å². The van der Waals surface area contributed by atoms with Crippen LogP contribution in [0.15, 0.2) is 30.3 Å². The second kappa shape index (κ2) is 7.32. The van der Waals surface area contributed by atoms with Gasteiger partial charge in [-0.3, -0.25) is 4.90 Å². The van der Waals surface area contributed by atoms with Gasteiger partial charge in [-0.2, -0.15) is 4.31 Å².